The average molecular weight is 316 g/mol. The minimum Gasteiger partial charge on any atom is -0.386 e. The van der Waals surface area contributed by atoms with Crippen molar-refractivity contribution in [3.63, 3.8) is 0 Å². The third-order valence-corrected chi connectivity index (χ3v) is 4.45. The van der Waals surface area contributed by atoms with Gasteiger partial charge >= 0.3 is 0 Å². The number of nitrogens with zero attached hydrogens (tertiary/aromatic N) is 3. The van der Waals surface area contributed by atoms with E-state index < -0.39 is 6.10 Å². The third kappa shape index (κ3) is 2.59. The molecule has 17 heavy (non-hydrogen) atoms. The molecule has 0 fully saturated rings. The van der Waals surface area contributed by atoms with Gasteiger partial charge in [0.05, 0.1) is 26.6 Å². The molecule has 0 saturated carbocycles. The maximum Gasteiger partial charge on any atom is 0.102 e. The fraction of sp³-hybridized carbons (Fsp3) is 0.455. The largest absolute Gasteiger partial charge is 0.386 e. The number of hydrogen-bond acceptors (Lipinski definition) is 4. The second kappa shape index (κ2) is 4.88. The first kappa shape index (κ1) is 12.7. The lowest BCUT2D eigenvalue weighted by Gasteiger charge is -2.08. The highest BCUT2D eigenvalue weighted by Crippen LogP contribution is 2.26. The summed E-state index contributed by atoms with van der Waals surface area (Å²) in [5, 5.41) is 17.3. The van der Waals surface area contributed by atoms with Crippen LogP contribution in [0.15, 0.2) is 9.85 Å². The SMILES string of the molecule is Cc1nc(C(O)Cc2c(Br)c(C)nn2C)cs1. The molecule has 0 aromatic carbocycles. The molecule has 1 N–H and O–H groups in total. The van der Waals surface area contributed by atoms with Gasteiger partial charge < -0.3 is 5.11 Å². The molecule has 6 heteroatoms. The Hall–Kier alpha value is -0.720. The van der Waals surface area contributed by atoms with E-state index in [0.717, 1.165) is 26.6 Å². The predicted molar refractivity (Wildman–Crippen MR) is 71.2 cm³/mol. The van der Waals surface area contributed by atoms with Crippen molar-refractivity contribution in [2.24, 2.45) is 7.05 Å². The first-order chi connectivity index (χ1) is 7.99. The van der Waals surface area contributed by atoms with Gasteiger partial charge in [-0.3, -0.25) is 4.68 Å². The Morgan fingerprint density at radius 1 is 1.53 bits per heavy atom. The number of halogens is 1. The normalized spacial score (nSPS) is 13.0. The van der Waals surface area contributed by atoms with E-state index in [4.69, 9.17) is 0 Å². The molecule has 2 aromatic heterocycles. The molecule has 0 aliphatic heterocycles. The Bertz CT molecular complexity index is 535. The molecule has 1 atom stereocenters. The highest BCUT2D eigenvalue weighted by atomic mass is 79.9. The molecule has 0 radical (unpaired) electrons. The molecule has 0 aliphatic carbocycles. The topological polar surface area (TPSA) is 50.9 Å². The summed E-state index contributed by atoms with van der Waals surface area (Å²) in [6.45, 7) is 3.87. The summed E-state index contributed by atoms with van der Waals surface area (Å²) in [7, 11) is 1.88. The summed E-state index contributed by atoms with van der Waals surface area (Å²) >= 11 is 5.05. The van der Waals surface area contributed by atoms with Gasteiger partial charge in [-0.05, 0) is 29.8 Å². The van der Waals surface area contributed by atoms with Crippen molar-refractivity contribution >= 4 is 27.3 Å². The molecule has 0 saturated heterocycles. The van der Waals surface area contributed by atoms with Crippen molar-refractivity contribution in [3.05, 3.63) is 31.9 Å². The summed E-state index contributed by atoms with van der Waals surface area (Å²) in [5.74, 6) is 0. The lowest BCUT2D eigenvalue weighted by molar-refractivity contribution is 0.171. The number of aromatic nitrogens is 3. The van der Waals surface area contributed by atoms with Crippen LogP contribution in [0.2, 0.25) is 0 Å². The van der Waals surface area contributed by atoms with Crippen LogP contribution in [0.4, 0.5) is 0 Å². The predicted octanol–water partition coefficient (Wildman–Crippen LogP) is 2.53. The van der Waals surface area contributed by atoms with Gasteiger partial charge in [-0.15, -0.1) is 11.3 Å². The van der Waals surface area contributed by atoms with Crippen LogP contribution in [0.1, 0.15) is 28.2 Å². The fourth-order valence-corrected chi connectivity index (χ4v) is 2.88. The van der Waals surface area contributed by atoms with Crippen LogP contribution in [0.5, 0.6) is 0 Å². The van der Waals surface area contributed by atoms with E-state index in [-0.39, 0.29) is 0 Å². The quantitative estimate of drug-likeness (QED) is 0.947. The van der Waals surface area contributed by atoms with Crippen LogP contribution in [0.3, 0.4) is 0 Å². The van der Waals surface area contributed by atoms with Gasteiger partial charge in [-0.1, -0.05) is 0 Å². The van der Waals surface area contributed by atoms with Gasteiger partial charge in [0.15, 0.2) is 0 Å². The summed E-state index contributed by atoms with van der Waals surface area (Å²) in [6.07, 6.45) is -0.0628. The number of thiazole rings is 1. The number of aliphatic hydroxyl groups is 1. The van der Waals surface area contributed by atoms with E-state index in [9.17, 15) is 5.11 Å². The summed E-state index contributed by atoms with van der Waals surface area (Å²) in [4.78, 5) is 4.30. The highest BCUT2D eigenvalue weighted by molar-refractivity contribution is 9.10. The Kier molecular flexibility index (Phi) is 3.65. The number of rotatable bonds is 3. The smallest absolute Gasteiger partial charge is 0.102 e. The van der Waals surface area contributed by atoms with Crippen molar-refractivity contribution < 1.29 is 5.11 Å². The van der Waals surface area contributed by atoms with Crippen molar-refractivity contribution in [2.45, 2.75) is 26.4 Å². The molecule has 0 spiro atoms. The molecule has 2 heterocycles. The second-order valence-electron chi connectivity index (χ2n) is 3.98. The van der Waals surface area contributed by atoms with Crippen LogP contribution in [0, 0.1) is 13.8 Å². The maximum atomic E-state index is 10.1. The van der Waals surface area contributed by atoms with Crippen molar-refractivity contribution in [1.82, 2.24) is 14.8 Å². The summed E-state index contributed by atoms with van der Waals surface area (Å²) in [5.41, 5.74) is 2.66. The number of hydrogen-bond donors (Lipinski definition) is 1. The number of aliphatic hydroxyl groups excluding tert-OH is 1. The molecule has 92 valence electrons. The van der Waals surface area contributed by atoms with Gasteiger partial charge in [0.2, 0.25) is 0 Å². The molecule has 2 rings (SSSR count). The molecular weight excluding hydrogens is 302 g/mol. The van der Waals surface area contributed by atoms with Crippen molar-refractivity contribution in [2.75, 3.05) is 0 Å². The minimum atomic E-state index is -0.578. The molecule has 2 aromatic rings. The zero-order valence-corrected chi connectivity index (χ0v) is 12.3. The Balaban J connectivity index is 2.21. The zero-order chi connectivity index (χ0) is 12.6. The van der Waals surface area contributed by atoms with E-state index in [0.29, 0.717) is 6.42 Å². The summed E-state index contributed by atoms with van der Waals surface area (Å²) in [6, 6.07) is 0. The van der Waals surface area contributed by atoms with Crippen molar-refractivity contribution in [1.29, 1.82) is 0 Å². The fourth-order valence-electron chi connectivity index (χ4n) is 1.72. The van der Waals surface area contributed by atoms with E-state index in [2.05, 4.69) is 26.0 Å². The van der Waals surface area contributed by atoms with Gasteiger partial charge in [0.25, 0.3) is 0 Å². The van der Waals surface area contributed by atoms with Gasteiger partial charge in [-0.2, -0.15) is 5.10 Å². The summed E-state index contributed by atoms with van der Waals surface area (Å²) < 4.78 is 2.76. The van der Waals surface area contributed by atoms with E-state index in [1.54, 1.807) is 16.0 Å². The van der Waals surface area contributed by atoms with Crippen LogP contribution in [0.25, 0.3) is 0 Å². The number of aryl methyl sites for hydroxylation is 3. The van der Waals surface area contributed by atoms with Gasteiger partial charge in [0, 0.05) is 18.8 Å². The van der Waals surface area contributed by atoms with Crippen LogP contribution in [-0.2, 0) is 13.5 Å². The minimum absolute atomic E-state index is 0.515. The molecule has 4 nitrogen and oxygen atoms in total. The molecule has 0 aliphatic rings. The van der Waals surface area contributed by atoms with Gasteiger partial charge in [0.1, 0.15) is 6.10 Å². The van der Waals surface area contributed by atoms with Crippen LogP contribution >= 0.6 is 27.3 Å². The molecular formula is C11H14BrN3OS. The Morgan fingerprint density at radius 2 is 2.24 bits per heavy atom. The average Bonchev–Trinajstić information content (AvgIpc) is 2.79. The molecule has 0 bridgehead atoms. The second-order valence-corrected chi connectivity index (χ2v) is 5.84. The van der Waals surface area contributed by atoms with Gasteiger partial charge in [-0.25, -0.2) is 4.98 Å². The third-order valence-electron chi connectivity index (χ3n) is 2.63. The Labute approximate surface area is 112 Å². The zero-order valence-electron chi connectivity index (χ0n) is 9.94. The van der Waals surface area contributed by atoms with Crippen LogP contribution in [-0.4, -0.2) is 19.9 Å². The van der Waals surface area contributed by atoms with Crippen LogP contribution < -0.4 is 0 Å². The first-order valence-corrected chi connectivity index (χ1v) is 6.94. The molecule has 1 unspecified atom stereocenters. The lowest BCUT2D eigenvalue weighted by atomic mass is 10.1. The standard InChI is InChI=1S/C11H14BrN3OS/c1-6-11(12)9(15(3)14-6)4-10(16)8-5-17-7(2)13-8/h5,10,16H,4H2,1-3H3. The first-order valence-electron chi connectivity index (χ1n) is 5.27. The lowest BCUT2D eigenvalue weighted by Crippen LogP contribution is -2.07. The van der Waals surface area contributed by atoms with Crippen molar-refractivity contribution in [3.8, 4) is 0 Å². The monoisotopic (exact) mass is 315 g/mol. The van der Waals surface area contributed by atoms with E-state index in [1.165, 1.54) is 0 Å². The van der Waals surface area contributed by atoms with E-state index in [1.807, 2.05) is 26.3 Å². The maximum absolute atomic E-state index is 10.1. The Morgan fingerprint density at radius 3 is 2.71 bits per heavy atom. The van der Waals surface area contributed by atoms with E-state index >= 15 is 0 Å². The molecule has 0 amide bonds. The highest BCUT2D eigenvalue weighted by Gasteiger charge is 2.17.